The van der Waals surface area contributed by atoms with E-state index in [0.717, 1.165) is 30.2 Å². The maximum atomic E-state index is 10.8. The Labute approximate surface area is 215 Å². The number of fused-ring (bicyclic) bond motifs is 2. The van der Waals surface area contributed by atoms with Gasteiger partial charge in [0.15, 0.2) is 0 Å². The number of hydrogen-bond acceptors (Lipinski definition) is 6. The number of hydrogen-bond donors (Lipinski definition) is 4. The third-order valence-electron chi connectivity index (χ3n) is 9.62. The van der Waals surface area contributed by atoms with Gasteiger partial charge < -0.3 is 29.0 Å². The molecule has 3 unspecified atom stereocenters. The number of furan rings is 1. The lowest BCUT2D eigenvalue weighted by molar-refractivity contribution is -0.166. The van der Waals surface area contributed by atoms with Crippen LogP contribution < -0.4 is 10.8 Å². The Bertz CT molecular complexity index is 1450. The minimum absolute atomic E-state index is 0.0360. The number of aromatic nitrogens is 1. The average molecular weight is 507 g/mol. The zero-order chi connectivity index (χ0) is 26.2. The number of nitrogens with zero attached hydrogens (tertiary/aromatic N) is 3. The highest BCUT2D eigenvalue weighted by Gasteiger charge is 2.66. The number of ether oxygens (including phenoxy) is 1. The molecule has 0 aromatic carbocycles. The van der Waals surface area contributed by atoms with E-state index in [4.69, 9.17) is 14.6 Å². The molecule has 6 rings (SSSR count). The van der Waals surface area contributed by atoms with Crippen LogP contribution in [-0.4, -0.2) is 57.0 Å². The number of aromatic hydroxyl groups is 1. The van der Waals surface area contributed by atoms with Crippen LogP contribution in [0.3, 0.4) is 0 Å². The molecule has 2 aromatic rings. The highest BCUT2D eigenvalue weighted by Crippen LogP contribution is 2.65. The monoisotopic (exact) mass is 506 g/mol. The van der Waals surface area contributed by atoms with Gasteiger partial charge in [0.2, 0.25) is 5.96 Å². The minimum atomic E-state index is -0.542. The van der Waals surface area contributed by atoms with Gasteiger partial charge in [-0.25, -0.2) is 4.99 Å². The van der Waals surface area contributed by atoms with Crippen molar-refractivity contribution in [3.8, 4) is 5.95 Å². The Kier molecular flexibility index (Phi) is 5.42. The Morgan fingerprint density at radius 2 is 2.03 bits per heavy atom. The zero-order valence-electron chi connectivity index (χ0n) is 21.4. The molecule has 4 aliphatic rings. The van der Waals surface area contributed by atoms with Gasteiger partial charge in [0.1, 0.15) is 11.2 Å². The molecule has 196 valence electrons. The van der Waals surface area contributed by atoms with Crippen molar-refractivity contribution in [1.29, 1.82) is 5.41 Å². The number of guanidine groups is 1. The van der Waals surface area contributed by atoms with Crippen LogP contribution >= 0.6 is 0 Å². The molecule has 1 spiro atoms. The molecular formula is C28H34N4O5. The van der Waals surface area contributed by atoms with E-state index in [1.807, 2.05) is 36.8 Å². The first-order valence-electron chi connectivity index (χ1n) is 12.9. The lowest BCUT2D eigenvalue weighted by Crippen LogP contribution is -2.60. The summed E-state index contributed by atoms with van der Waals surface area (Å²) in [7, 11) is 1.86. The molecule has 3 fully saturated rings. The van der Waals surface area contributed by atoms with Gasteiger partial charge in [-0.2, -0.15) is 4.99 Å². The predicted octanol–water partition coefficient (Wildman–Crippen LogP) is 2.11. The average Bonchev–Trinajstić information content (AvgIpc) is 3.46. The van der Waals surface area contributed by atoms with Crippen LogP contribution in [0.1, 0.15) is 56.4 Å². The summed E-state index contributed by atoms with van der Waals surface area (Å²) in [6.45, 7) is 4.96. The van der Waals surface area contributed by atoms with E-state index in [2.05, 4.69) is 23.0 Å². The molecular weight excluding hydrogens is 472 g/mol. The fraction of sp³-hybridized carbons (Fsp3) is 0.536. The summed E-state index contributed by atoms with van der Waals surface area (Å²) in [6.07, 6.45) is 10.3. The van der Waals surface area contributed by atoms with Gasteiger partial charge in [0, 0.05) is 41.6 Å². The lowest BCUT2D eigenvalue weighted by Gasteiger charge is -2.60. The Balaban J connectivity index is 1.33. The van der Waals surface area contributed by atoms with E-state index in [1.54, 1.807) is 12.3 Å². The molecule has 2 aliphatic heterocycles. The second kappa shape index (κ2) is 8.24. The van der Waals surface area contributed by atoms with Crippen molar-refractivity contribution in [2.75, 3.05) is 13.2 Å². The first-order chi connectivity index (χ1) is 17.6. The lowest BCUT2D eigenvalue weighted by atomic mass is 9.45. The summed E-state index contributed by atoms with van der Waals surface area (Å²) in [5, 5.41) is 40.1. The number of nitrogens with one attached hydrogen (secondary N) is 1. The van der Waals surface area contributed by atoms with Gasteiger partial charge >= 0.3 is 0 Å². The molecule has 0 radical (unpaired) electrons. The van der Waals surface area contributed by atoms with Gasteiger partial charge in [-0.15, -0.1) is 0 Å². The standard InChI is InChI=1S/C28H34N4O5/c1-26-8-7-22(34)27(2,14-33)20(26)6-9-28(15-36-28)21(26)5-4-16-11-19(37-24(16)35)12-18-10-17-13-30-25(29)31-23(17)32(18)3/h4-5,10-13,20-22,29,33-35H,6-9,14-15H2,1-3H3/b5-4+,18-12-,29-25?/t20?,21?,22-,26-,27-,28?/m0/s1. The van der Waals surface area contributed by atoms with Crippen molar-refractivity contribution in [2.24, 2.45) is 39.7 Å². The summed E-state index contributed by atoms with van der Waals surface area (Å²) in [5.41, 5.74) is 1.17. The molecule has 2 saturated carbocycles. The highest BCUT2D eigenvalue weighted by atomic mass is 16.6. The molecule has 37 heavy (non-hydrogen) atoms. The zero-order valence-corrected chi connectivity index (χ0v) is 21.4. The van der Waals surface area contributed by atoms with Gasteiger partial charge in [-0.3, -0.25) is 5.41 Å². The molecule has 6 atom stereocenters. The molecule has 0 bridgehead atoms. The Morgan fingerprint density at radius 3 is 2.76 bits per heavy atom. The van der Waals surface area contributed by atoms with Gasteiger partial charge in [0.25, 0.3) is 5.95 Å². The largest absolute Gasteiger partial charge is 0.480 e. The summed E-state index contributed by atoms with van der Waals surface area (Å²) in [5.74, 6) is 0.567. The van der Waals surface area contributed by atoms with E-state index >= 15 is 0 Å². The van der Waals surface area contributed by atoms with Crippen molar-refractivity contribution in [2.45, 2.75) is 51.2 Å². The molecule has 4 heterocycles. The molecule has 2 aromatic heterocycles. The van der Waals surface area contributed by atoms with Crippen LogP contribution in [0.15, 0.2) is 32.6 Å². The third kappa shape index (κ3) is 3.66. The summed E-state index contributed by atoms with van der Waals surface area (Å²) < 4.78 is 13.6. The van der Waals surface area contributed by atoms with E-state index in [-0.39, 0.29) is 41.4 Å². The quantitative estimate of drug-likeness (QED) is 0.470. The molecule has 9 heteroatoms. The Morgan fingerprint density at radius 1 is 1.24 bits per heavy atom. The maximum absolute atomic E-state index is 10.8. The number of rotatable bonds is 4. The summed E-state index contributed by atoms with van der Waals surface area (Å²) in [6, 6.07) is 3.72. The van der Waals surface area contributed by atoms with Crippen LogP contribution in [0.4, 0.5) is 0 Å². The third-order valence-corrected chi connectivity index (χ3v) is 9.62. The normalized spacial score (nSPS) is 37.2. The molecule has 4 N–H and O–H groups in total. The molecule has 0 amide bonds. The number of aliphatic imine (C=N–C) groups is 1. The fourth-order valence-corrected chi connectivity index (χ4v) is 7.36. The summed E-state index contributed by atoms with van der Waals surface area (Å²) >= 11 is 0. The van der Waals surface area contributed by atoms with E-state index in [9.17, 15) is 15.3 Å². The van der Waals surface area contributed by atoms with E-state index < -0.39 is 11.5 Å². The molecule has 1 saturated heterocycles. The van der Waals surface area contributed by atoms with Crippen molar-refractivity contribution in [1.82, 2.24) is 4.57 Å². The van der Waals surface area contributed by atoms with E-state index in [1.165, 1.54) is 0 Å². The van der Waals surface area contributed by atoms with Crippen LogP contribution in [0.2, 0.25) is 0 Å². The highest BCUT2D eigenvalue weighted by molar-refractivity contribution is 5.95. The number of aliphatic hydroxyl groups is 2. The number of aliphatic hydroxyl groups excluding tert-OH is 2. The summed E-state index contributed by atoms with van der Waals surface area (Å²) in [4.78, 5) is 8.13. The smallest absolute Gasteiger partial charge is 0.289 e. The molecule has 2 aliphatic carbocycles. The first kappa shape index (κ1) is 24.3. The molecule has 9 nitrogen and oxygen atoms in total. The maximum Gasteiger partial charge on any atom is 0.289 e. The van der Waals surface area contributed by atoms with Crippen molar-refractivity contribution in [3.05, 3.63) is 45.9 Å². The van der Waals surface area contributed by atoms with Crippen LogP contribution in [0, 0.1) is 28.1 Å². The van der Waals surface area contributed by atoms with Gasteiger partial charge in [-0.05, 0) is 49.1 Å². The second-order valence-corrected chi connectivity index (χ2v) is 11.7. The van der Waals surface area contributed by atoms with Gasteiger partial charge in [-0.1, -0.05) is 26.0 Å². The van der Waals surface area contributed by atoms with Crippen LogP contribution in [0.5, 0.6) is 5.95 Å². The number of epoxide rings is 1. The SMILES string of the molecule is Cn1c2c(c/c1=C/c1cc(/C=C/C3C4(CCC5[C@]3(C)CC[C@H](O)[C@@]5(C)CO)CO4)c(O)o1)C=NC(=N)N=2. The predicted molar refractivity (Wildman–Crippen MR) is 138 cm³/mol. The van der Waals surface area contributed by atoms with Crippen LogP contribution in [-0.2, 0) is 11.8 Å². The topological polar surface area (TPSA) is 140 Å². The van der Waals surface area contributed by atoms with Crippen molar-refractivity contribution < 1.29 is 24.5 Å². The second-order valence-electron chi connectivity index (χ2n) is 11.7. The van der Waals surface area contributed by atoms with Gasteiger partial charge in [0.05, 0.1) is 30.5 Å². The first-order valence-corrected chi connectivity index (χ1v) is 12.9. The Hall–Kier alpha value is -3.01. The van der Waals surface area contributed by atoms with Crippen LogP contribution in [0.25, 0.3) is 12.2 Å². The fourth-order valence-electron chi connectivity index (χ4n) is 7.36. The minimum Gasteiger partial charge on any atom is -0.480 e. The van der Waals surface area contributed by atoms with Crippen molar-refractivity contribution in [3.63, 3.8) is 0 Å². The van der Waals surface area contributed by atoms with Crippen molar-refractivity contribution >= 4 is 24.3 Å². The van der Waals surface area contributed by atoms with E-state index in [0.29, 0.717) is 29.8 Å².